The van der Waals surface area contributed by atoms with Gasteiger partial charge in [0.2, 0.25) is 0 Å². The quantitative estimate of drug-likeness (QED) is 0.861. The molecule has 0 spiro atoms. The van der Waals surface area contributed by atoms with Gasteiger partial charge < -0.3 is 14.5 Å². The number of nitrogens with one attached hydrogen (secondary N) is 1. The van der Waals surface area contributed by atoms with Crippen LogP contribution in [0.25, 0.3) is 0 Å². The second-order valence-corrected chi connectivity index (χ2v) is 7.34. The molecule has 26 heavy (non-hydrogen) atoms. The van der Waals surface area contributed by atoms with Crippen LogP contribution >= 0.6 is 0 Å². The third-order valence-corrected chi connectivity index (χ3v) is 5.42. The normalized spacial score (nSPS) is 19.2. The lowest BCUT2D eigenvalue weighted by molar-refractivity contribution is -0.137. The fourth-order valence-corrected chi connectivity index (χ4v) is 3.94. The predicted molar refractivity (Wildman–Crippen MR) is 100 cm³/mol. The van der Waals surface area contributed by atoms with Gasteiger partial charge in [0.05, 0.1) is 24.5 Å². The summed E-state index contributed by atoms with van der Waals surface area (Å²) in [6.45, 7) is 1.08. The summed E-state index contributed by atoms with van der Waals surface area (Å²) in [6.07, 6.45) is 5.30. The van der Waals surface area contributed by atoms with Gasteiger partial charge in [-0.1, -0.05) is 18.6 Å². The fourth-order valence-electron chi connectivity index (χ4n) is 3.94. The standard InChI is InChI=1S/C20H26N4O2/c1-23-13-19(26-18-11-7-6-10-17(18)23)20(25)24(2)12-16-14-8-4-3-5-9-15(14)21-22-16/h6-7,10-11,19H,3-5,8-9,12-13H2,1-2H3,(H,21,22). The topological polar surface area (TPSA) is 61.5 Å². The predicted octanol–water partition coefficient (Wildman–Crippen LogP) is 2.53. The number of likely N-dealkylation sites (N-methyl/N-ethyl adjacent to an activating group) is 2. The number of carbonyl (C=O) groups is 1. The number of ether oxygens (including phenoxy) is 1. The zero-order valence-corrected chi connectivity index (χ0v) is 15.5. The molecule has 1 aliphatic heterocycles. The number of rotatable bonds is 3. The Morgan fingerprint density at radius 1 is 1.31 bits per heavy atom. The van der Waals surface area contributed by atoms with Crippen LogP contribution in [-0.4, -0.2) is 47.7 Å². The molecular weight excluding hydrogens is 328 g/mol. The number of aromatic amines is 1. The van der Waals surface area contributed by atoms with Crippen molar-refractivity contribution >= 4 is 11.6 Å². The molecule has 0 saturated carbocycles. The van der Waals surface area contributed by atoms with Crippen molar-refractivity contribution in [1.29, 1.82) is 0 Å². The van der Waals surface area contributed by atoms with E-state index in [9.17, 15) is 4.79 Å². The van der Waals surface area contributed by atoms with Crippen molar-refractivity contribution in [2.24, 2.45) is 0 Å². The minimum absolute atomic E-state index is 0.00303. The van der Waals surface area contributed by atoms with Gasteiger partial charge in [0.25, 0.3) is 5.91 Å². The molecular formula is C20H26N4O2. The van der Waals surface area contributed by atoms with Gasteiger partial charge in [-0.15, -0.1) is 0 Å². The van der Waals surface area contributed by atoms with E-state index >= 15 is 0 Å². The van der Waals surface area contributed by atoms with Gasteiger partial charge in [0.1, 0.15) is 5.75 Å². The number of benzene rings is 1. The molecule has 1 aliphatic carbocycles. The molecule has 1 amide bonds. The van der Waals surface area contributed by atoms with Crippen LogP contribution in [0.1, 0.15) is 36.2 Å². The summed E-state index contributed by atoms with van der Waals surface area (Å²) in [6, 6.07) is 7.84. The lowest BCUT2D eigenvalue weighted by atomic mass is 10.1. The molecule has 1 aromatic heterocycles. The second kappa shape index (κ2) is 7.02. The lowest BCUT2D eigenvalue weighted by Gasteiger charge is -2.34. The van der Waals surface area contributed by atoms with Crippen LogP contribution in [0.4, 0.5) is 5.69 Å². The molecule has 1 N–H and O–H groups in total. The molecule has 138 valence electrons. The Hall–Kier alpha value is -2.50. The molecule has 0 saturated heterocycles. The Morgan fingerprint density at radius 3 is 3.00 bits per heavy atom. The number of anilines is 1. The maximum absolute atomic E-state index is 13.0. The van der Waals surface area contributed by atoms with E-state index in [0.29, 0.717) is 13.1 Å². The minimum Gasteiger partial charge on any atom is -0.477 e. The number of carbonyl (C=O) groups excluding carboxylic acids is 1. The largest absolute Gasteiger partial charge is 0.477 e. The number of hydrogen-bond donors (Lipinski definition) is 1. The Balaban J connectivity index is 1.47. The third-order valence-electron chi connectivity index (χ3n) is 5.42. The van der Waals surface area contributed by atoms with E-state index in [1.165, 1.54) is 30.5 Å². The molecule has 2 aliphatic rings. The van der Waals surface area contributed by atoms with E-state index in [1.807, 2.05) is 38.4 Å². The van der Waals surface area contributed by atoms with Crippen molar-refractivity contribution in [2.75, 3.05) is 25.5 Å². The average molecular weight is 354 g/mol. The summed E-state index contributed by atoms with van der Waals surface area (Å²) >= 11 is 0. The number of fused-ring (bicyclic) bond motifs is 2. The molecule has 0 bridgehead atoms. The number of aryl methyl sites for hydroxylation is 1. The van der Waals surface area contributed by atoms with Crippen LogP contribution in [0.15, 0.2) is 24.3 Å². The summed E-state index contributed by atoms with van der Waals surface area (Å²) in [4.78, 5) is 16.8. The van der Waals surface area contributed by atoms with Crippen molar-refractivity contribution in [3.8, 4) is 5.75 Å². The third kappa shape index (κ3) is 3.16. The van der Waals surface area contributed by atoms with E-state index < -0.39 is 6.10 Å². The molecule has 1 aromatic carbocycles. The van der Waals surface area contributed by atoms with Crippen LogP contribution < -0.4 is 9.64 Å². The molecule has 0 fully saturated rings. The van der Waals surface area contributed by atoms with E-state index in [-0.39, 0.29) is 5.91 Å². The number of nitrogens with zero attached hydrogens (tertiary/aromatic N) is 3. The van der Waals surface area contributed by atoms with Crippen LogP contribution in [0, 0.1) is 0 Å². The van der Waals surface area contributed by atoms with Gasteiger partial charge in [-0.2, -0.15) is 5.10 Å². The highest BCUT2D eigenvalue weighted by Crippen LogP contribution is 2.32. The van der Waals surface area contributed by atoms with Crippen molar-refractivity contribution in [2.45, 2.75) is 44.8 Å². The highest BCUT2D eigenvalue weighted by Gasteiger charge is 2.31. The van der Waals surface area contributed by atoms with E-state index in [4.69, 9.17) is 4.74 Å². The zero-order valence-electron chi connectivity index (χ0n) is 15.5. The monoisotopic (exact) mass is 354 g/mol. The number of H-pyrrole nitrogens is 1. The molecule has 4 rings (SSSR count). The zero-order chi connectivity index (χ0) is 18.1. The molecule has 2 heterocycles. The Morgan fingerprint density at radius 2 is 2.12 bits per heavy atom. The number of amides is 1. The first kappa shape index (κ1) is 16.9. The first-order chi connectivity index (χ1) is 12.6. The van der Waals surface area contributed by atoms with Gasteiger partial charge in [0, 0.05) is 19.8 Å². The summed E-state index contributed by atoms with van der Waals surface area (Å²) in [5.41, 5.74) is 4.59. The number of aromatic nitrogens is 2. The number of hydrogen-bond acceptors (Lipinski definition) is 4. The highest BCUT2D eigenvalue weighted by atomic mass is 16.5. The summed E-state index contributed by atoms with van der Waals surface area (Å²) < 4.78 is 5.98. The van der Waals surface area contributed by atoms with Gasteiger partial charge >= 0.3 is 0 Å². The van der Waals surface area contributed by atoms with Crippen molar-refractivity contribution < 1.29 is 9.53 Å². The highest BCUT2D eigenvalue weighted by molar-refractivity contribution is 5.83. The van der Waals surface area contributed by atoms with Crippen LogP contribution in [0.3, 0.4) is 0 Å². The molecule has 1 unspecified atom stereocenters. The maximum Gasteiger partial charge on any atom is 0.265 e. The van der Waals surface area contributed by atoms with E-state index in [0.717, 1.165) is 30.0 Å². The maximum atomic E-state index is 13.0. The molecule has 6 heteroatoms. The molecule has 1 atom stereocenters. The first-order valence-electron chi connectivity index (χ1n) is 9.40. The molecule has 0 radical (unpaired) electrons. The minimum atomic E-state index is -0.488. The van der Waals surface area contributed by atoms with Gasteiger partial charge in [-0.3, -0.25) is 9.89 Å². The summed E-state index contributed by atoms with van der Waals surface area (Å²) in [7, 11) is 3.83. The van der Waals surface area contributed by atoms with Crippen molar-refractivity contribution in [1.82, 2.24) is 15.1 Å². The smallest absolute Gasteiger partial charge is 0.265 e. The summed E-state index contributed by atoms with van der Waals surface area (Å²) in [5.74, 6) is 0.762. The second-order valence-electron chi connectivity index (χ2n) is 7.34. The van der Waals surface area contributed by atoms with Crippen molar-refractivity contribution in [3.05, 3.63) is 41.2 Å². The van der Waals surface area contributed by atoms with Gasteiger partial charge in [-0.05, 0) is 43.4 Å². The van der Waals surface area contributed by atoms with Gasteiger partial charge in [0.15, 0.2) is 6.10 Å². The van der Waals surface area contributed by atoms with Crippen molar-refractivity contribution in [3.63, 3.8) is 0 Å². The number of para-hydroxylation sites is 2. The fraction of sp³-hybridized carbons (Fsp3) is 0.500. The van der Waals surface area contributed by atoms with E-state index in [2.05, 4.69) is 15.1 Å². The van der Waals surface area contributed by atoms with E-state index in [1.54, 1.807) is 4.90 Å². The van der Waals surface area contributed by atoms with Gasteiger partial charge in [-0.25, -0.2) is 0 Å². The SMILES string of the molecule is CN(Cc1n[nH]c2c1CCCCC2)C(=O)C1CN(C)c2ccccc2O1. The Kier molecular flexibility index (Phi) is 4.57. The average Bonchev–Trinajstić information content (AvgIpc) is 2.87. The molecule has 2 aromatic rings. The first-order valence-corrected chi connectivity index (χ1v) is 9.40. The molecule has 6 nitrogen and oxygen atoms in total. The lowest BCUT2D eigenvalue weighted by Crippen LogP contribution is -2.48. The van der Waals surface area contributed by atoms with Crippen LogP contribution in [0.2, 0.25) is 0 Å². The van der Waals surface area contributed by atoms with Crippen LogP contribution in [-0.2, 0) is 24.2 Å². The van der Waals surface area contributed by atoms with Crippen LogP contribution in [0.5, 0.6) is 5.75 Å². The summed E-state index contributed by atoms with van der Waals surface area (Å²) in [5, 5.41) is 7.67. The Bertz CT molecular complexity index is 801. The Labute approximate surface area is 154 Å².